The smallest absolute Gasteiger partial charge is 0.292 e. The van der Waals surface area contributed by atoms with Crippen LogP contribution in [-0.4, -0.2) is 41.3 Å². The highest BCUT2D eigenvalue weighted by Crippen LogP contribution is 2.24. The molecule has 0 aliphatic carbocycles. The van der Waals surface area contributed by atoms with Crippen LogP contribution in [0.2, 0.25) is 0 Å². The third-order valence-electron chi connectivity index (χ3n) is 3.14. The summed E-state index contributed by atoms with van der Waals surface area (Å²) >= 11 is 3.48. The highest BCUT2D eigenvalue weighted by molar-refractivity contribution is 9.10. The normalized spacial score (nSPS) is 13.5. The summed E-state index contributed by atoms with van der Waals surface area (Å²) in [4.78, 5) is 15.7. The number of methoxy groups -OCH3 is 1. The van der Waals surface area contributed by atoms with Crippen LogP contribution in [0.15, 0.2) is 23.1 Å². The number of nitrogens with zero attached hydrogens (tertiary/aromatic N) is 4. The van der Waals surface area contributed by atoms with E-state index in [1.165, 1.54) is 26.4 Å². The Hall–Kier alpha value is -1.63. The molecule has 0 atom stereocenters. The Kier molecular flexibility index (Phi) is 8.50. The van der Waals surface area contributed by atoms with Crippen molar-refractivity contribution in [2.75, 3.05) is 25.1 Å². The first-order valence-electron chi connectivity index (χ1n) is 7.47. The predicted octanol–water partition coefficient (Wildman–Crippen LogP) is 3.30. The summed E-state index contributed by atoms with van der Waals surface area (Å²) < 4.78 is 6.72. The van der Waals surface area contributed by atoms with Gasteiger partial charge in [0.1, 0.15) is 16.4 Å². The Bertz CT molecular complexity index is 568. The third-order valence-corrected chi connectivity index (χ3v) is 3.74. The zero-order valence-electron chi connectivity index (χ0n) is 13.3. The molecule has 0 aromatic carbocycles. The first kappa shape index (κ1) is 18.4. The Balaban J connectivity index is 0.000000354. The second-order valence-corrected chi connectivity index (χ2v) is 5.23. The molecule has 6 nitrogen and oxygen atoms in total. The standard InChI is InChI=1S/C11H13BrN4.C2H4O2.C2H6/c12-10-5-4-9-11(13-8-14-16(9)10)15-6-2-1-3-7-15;1-4-2-3;1-2/h4-5,8H,1-3,6-7H2;2H,1H3;1-2H3. The number of ether oxygens (including phenoxy) is 1. The van der Waals surface area contributed by atoms with Crippen LogP contribution in [0.5, 0.6) is 0 Å². The van der Waals surface area contributed by atoms with E-state index in [0.29, 0.717) is 6.47 Å². The van der Waals surface area contributed by atoms with E-state index in [4.69, 9.17) is 4.79 Å². The molecule has 0 radical (unpaired) electrons. The lowest BCUT2D eigenvalue weighted by Gasteiger charge is -2.27. The highest BCUT2D eigenvalue weighted by atomic mass is 79.9. The van der Waals surface area contributed by atoms with Crippen molar-refractivity contribution in [2.45, 2.75) is 33.1 Å². The van der Waals surface area contributed by atoms with Gasteiger partial charge in [-0.3, -0.25) is 4.79 Å². The molecule has 3 rings (SSSR count). The second-order valence-electron chi connectivity index (χ2n) is 4.42. The third kappa shape index (κ3) is 4.69. The van der Waals surface area contributed by atoms with Crippen molar-refractivity contribution >= 4 is 33.7 Å². The summed E-state index contributed by atoms with van der Waals surface area (Å²) in [5, 5.41) is 4.23. The number of fused-ring (bicyclic) bond motifs is 1. The lowest BCUT2D eigenvalue weighted by Crippen LogP contribution is -2.30. The number of piperidine rings is 1. The van der Waals surface area contributed by atoms with Gasteiger partial charge < -0.3 is 9.64 Å². The number of anilines is 1. The fraction of sp³-hybridized carbons (Fsp3) is 0.533. The van der Waals surface area contributed by atoms with Gasteiger partial charge in [0.05, 0.1) is 7.11 Å². The minimum atomic E-state index is 0.375. The SMILES string of the molecule is Brc1ccc2c(N3CCCCC3)ncnn12.CC.COC=O. The molecule has 22 heavy (non-hydrogen) atoms. The number of halogens is 1. The minimum Gasteiger partial charge on any atom is -0.471 e. The molecule has 122 valence electrons. The Morgan fingerprint density at radius 3 is 2.45 bits per heavy atom. The van der Waals surface area contributed by atoms with Gasteiger partial charge in [-0.05, 0) is 47.3 Å². The first-order chi connectivity index (χ1) is 10.8. The van der Waals surface area contributed by atoms with Crippen LogP contribution in [-0.2, 0) is 9.53 Å². The number of carbonyl (C=O) groups excluding carboxylic acids is 1. The van der Waals surface area contributed by atoms with E-state index in [-0.39, 0.29) is 0 Å². The van der Waals surface area contributed by atoms with Crippen molar-refractivity contribution < 1.29 is 9.53 Å². The van der Waals surface area contributed by atoms with Gasteiger partial charge in [0.2, 0.25) is 0 Å². The summed E-state index contributed by atoms with van der Waals surface area (Å²) in [6.07, 6.45) is 5.49. The average Bonchev–Trinajstić information content (AvgIpc) is 2.99. The number of rotatable bonds is 2. The molecule has 2 aromatic rings. The van der Waals surface area contributed by atoms with Gasteiger partial charge in [0.25, 0.3) is 6.47 Å². The fourth-order valence-electron chi connectivity index (χ4n) is 2.24. The van der Waals surface area contributed by atoms with Gasteiger partial charge in [-0.2, -0.15) is 5.10 Å². The number of hydrogen-bond acceptors (Lipinski definition) is 5. The summed E-state index contributed by atoms with van der Waals surface area (Å²) in [5.74, 6) is 1.06. The molecule has 7 heteroatoms. The molecular formula is C15H23BrN4O2. The average molecular weight is 371 g/mol. The zero-order valence-corrected chi connectivity index (χ0v) is 14.9. The molecular weight excluding hydrogens is 348 g/mol. The van der Waals surface area contributed by atoms with Crippen LogP contribution in [0.1, 0.15) is 33.1 Å². The number of aromatic nitrogens is 3. The summed E-state index contributed by atoms with van der Waals surface area (Å²) in [6.45, 7) is 6.59. The van der Waals surface area contributed by atoms with Crippen LogP contribution in [0, 0.1) is 0 Å². The molecule has 1 fully saturated rings. The molecule has 0 bridgehead atoms. The van der Waals surface area contributed by atoms with E-state index < -0.39 is 0 Å². The lowest BCUT2D eigenvalue weighted by molar-refractivity contribution is -0.126. The summed E-state index contributed by atoms with van der Waals surface area (Å²) in [7, 11) is 1.31. The van der Waals surface area contributed by atoms with Crippen LogP contribution in [0.25, 0.3) is 5.52 Å². The fourth-order valence-corrected chi connectivity index (χ4v) is 2.65. The van der Waals surface area contributed by atoms with Crippen molar-refractivity contribution in [1.82, 2.24) is 14.6 Å². The van der Waals surface area contributed by atoms with Crippen molar-refractivity contribution in [3.8, 4) is 0 Å². The zero-order chi connectivity index (χ0) is 16.4. The Morgan fingerprint density at radius 1 is 1.23 bits per heavy atom. The van der Waals surface area contributed by atoms with E-state index in [9.17, 15) is 0 Å². The molecule has 1 aliphatic heterocycles. The molecule has 0 spiro atoms. The van der Waals surface area contributed by atoms with Gasteiger partial charge >= 0.3 is 0 Å². The first-order valence-corrected chi connectivity index (χ1v) is 8.27. The molecule has 0 N–H and O–H groups in total. The molecule has 3 heterocycles. The number of carbonyl (C=O) groups is 1. The minimum absolute atomic E-state index is 0.375. The van der Waals surface area contributed by atoms with E-state index in [1.807, 2.05) is 24.4 Å². The maximum atomic E-state index is 8.95. The van der Waals surface area contributed by atoms with E-state index in [0.717, 1.165) is 29.0 Å². The van der Waals surface area contributed by atoms with Crippen LogP contribution in [0.4, 0.5) is 5.82 Å². The van der Waals surface area contributed by atoms with E-state index in [1.54, 1.807) is 6.33 Å². The van der Waals surface area contributed by atoms with Crippen LogP contribution < -0.4 is 4.90 Å². The largest absolute Gasteiger partial charge is 0.471 e. The van der Waals surface area contributed by atoms with Crippen molar-refractivity contribution in [3.05, 3.63) is 23.1 Å². The van der Waals surface area contributed by atoms with Gasteiger partial charge in [0, 0.05) is 13.1 Å². The van der Waals surface area contributed by atoms with Crippen molar-refractivity contribution in [1.29, 1.82) is 0 Å². The molecule has 0 saturated carbocycles. The van der Waals surface area contributed by atoms with E-state index in [2.05, 4.69) is 41.7 Å². The maximum absolute atomic E-state index is 8.95. The summed E-state index contributed by atoms with van der Waals surface area (Å²) in [5.41, 5.74) is 1.08. The molecule has 0 unspecified atom stereocenters. The second kappa shape index (κ2) is 10.2. The lowest BCUT2D eigenvalue weighted by atomic mass is 10.1. The van der Waals surface area contributed by atoms with Crippen LogP contribution in [0.3, 0.4) is 0 Å². The highest BCUT2D eigenvalue weighted by Gasteiger charge is 2.16. The topological polar surface area (TPSA) is 59.7 Å². The van der Waals surface area contributed by atoms with Gasteiger partial charge in [-0.1, -0.05) is 13.8 Å². The molecule has 2 aromatic heterocycles. The monoisotopic (exact) mass is 370 g/mol. The quantitative estimate of drug-likeness (QED) is 0.759. The van der Waals surface area contributed by atoms with Gasteiger partial charge in [0.15, 0.2) is 5.82 Å². The predicted molar refractivity (Wildman–Crippen MR) is 91.2 cm³/mol. The number of hydrogen-bond donors (Lipinski definition) is 0. The van der Waals surface area contributed by atoms with Crippen LogP contribution >= 0.6 is 15.9 Å². The molecule has 1 aliphatic rings. The van der Waals surface area contributed by atoms with Gasteiger partial charge in [-0.15, -0.1) is 0 Å². The van der Waals surface area contributed by atoms with E-state index >= 15 is 0 Å². The molecule has 1 saturated heterocycles. The van der Waals surface area contributed by atoms with Crippen molar-refractivity contribution in [2.24, 2.45) is 0 Å². The Labute approximate surface area is 139 Å². The summed E-state index contributed by atoms with van der Waals surface area (Å²) in [6, 6.07) is 4.07. The Morgan fingerprint density at radius 2 is 1.86 bits per heavy atom. The maximum Gasteiger partial charge on any atom is 0.292 e. The van der Waals surface area contributed by atoms with Crippen molar-refractivity contribution in [3.63, 3.8) is 0 Å². The van der Waals surface area contributed by atoms with Gasteiger partial charge in [-0.25, -0.2) is 9.50 Å². The molecule has 0 amide bonds.